The molecule has 2 saturated carbocycles. The molecule has 4 bridgehead atoms. The number of esters is 2. The molecule has 10 rings (SSSR count). The zero-order valence-electron chi connectivity index (χ0n) is 26.0. The van der Waals surface area contributed by atoms with Gasteiger partial charge in [-0.1, -0.05) is 12.8 Å². The van der Waals surface area contributed by atoms with Crippen molar-refractivity contribution in [2.45, 2.75) is 106 Å². The van der Waals surface area contributed by atoms with Crippen molar-refractivity contribution < 1.29 is 28.5 Å². The number of nitrogens with one attached hydrogen (secondary N) is 2. The fraction of sp³-hybridized carbons (Fsp3) is 0.667. The van der Waals surface area contributed by atoms with Gasteiger partial charge < -0.3 is 19.6 Å². The average molecular weight is 630 g/mol. The van der Waals surface area contributed by atoms with E-state index >= 15 is 0 Å². The van der Waals surface area contributed by atoms with Gasteiger partial charge in [-0.25, -0.2) is 9.59 Å². The third-order valence-corrected chi connectivity index (χ3v) is 12.5. The highest BCUT2D eigenvalue weighted by molar-refractivity contribution is 5.88. The van der Waals surface area contributed by atoms with E-state index < -0.39 is 11.2 Å². The molecule has 1 unspecified atom stereocenters. The smallest absolute Gasteiger partial charge is 0.331 e. The van der Waals surface area contributed by atoms with E-state index in [1.54, 1.807) is 12.2 Å². The number of carbonyl (C=O) groups is 2. The van der Waals surface area contributed by atoms with E-state index in [4.69, 9.17) is 14.2 Å². The lowest BCUT2D eigenvalue weighted by atomic mass is 9.73. The molecule has 8 atom stereocenters. The van der Waals surface area contributed by atoms with Crippen molar-refractivity contribution in [3.8, 4) is 0 Å². The lowest BCUT2D eigenvalue weighted by Crippen LogP contribution is -2.54. The Bertz CT molecular complexity index is 1580. The van der Waals surface area contributed by atoms with E-state index in [-0.39, 0.29) is 23.9 Å². The van der Waals surface area contributed by atoms with Crippen LogP contribution in [0.2, 0.25) is 0 Å². The van der Waals surface area contributed by atoms with Crippen LogP contribution in [0.15, 0.2) is 57.4 Å². The molecule has 242 valence electrons. The topological polar surface area (TPSA) is 123 Å². The van der Waals surface area contributed by atoms with Gasteiger partial charge >= 0.3 is 11.9 Å². The highest BCUT2D eigenvalue weighted by Gasteiger charge is 2.65. The van der Waals surface area contributed by atoms with E-state index in [1.165, 1.54) is 25.7 Å². The van der Waals surface area contributed by atoms with Crippen LogP contribution in [0.5, 0.6) is 0 Å². The molecule has 6 fully saturated rings. The summed E-state index contributed by atoms with van der Waals surface area (Å²) in [5.74, 6) is -0.118. The number of nitrogens with zero attached hydrogens (tertiary/aromatic N) is 6. The SMILES string of the molecule is O=C1C=C2CC(/C=[N+]3\C=C(COCC4=CN([C@H]5CC6=CC(=O)O[C@@]67C[C@@H]5N5CCCC[C@@H]57)NN4)N=N3)[C@@H]3C[C@@]2(O1)[C@H]1CCCCN31. The Morgan fingerprint density at radius 3 is 2.37 bits per heavy atom. The molecule has 8 aliphatic heterocycles. The Labute approximate surface area is 267 Å². The molecule has 46 heavy (non-hydrogen) atoms. The molecule has 0 aromatic rings. The lowest BCUT2D eigenvalue weighted by Gasteiger charge is -2.39. The van der Waals surface area contributed by atoms with Gasteiger partial charge in [0.15, 0.2) is 17.4 Å². The predicted octanol–water partition coefficient (Wildman–Crippen LogP) is 1.96. The summed E-state index contributed by atoms with van der Waals surface area (Å²) in [7, 11) is 0. The van der Waals surface area contributed by atoms with E-state index in [0.29, 0.717) is 37.4 Å². The Kier molecular flexibility index (Phi) is 6.05. The van der Waals surface area contributed by atoms with E-state index in [2.05, 4.69) is 48.5 Å². The summed E-state index contributed by atoms with van der Waals surface area (Å²) in [4.78, 5) is 30.0. The molecule has 13 nitrogen and oxygen atoms in total. The first-order valence-electron chi connectivity index (χ1n) is 17.2. The molecule has 4 saturated heterocycles. The normalized spacial score (nSPS) is 43.0. The summed E-state index contributed by atoms with van der Waals surface area (Å²) in [5.41, 5.74) is 9.86. The monoisotopic (exact) mass is 629 g/mol. The summed E-state index contributed by atoms with van der Waals surface area (Å²) < 4.78 is 20.0. The first kappa shape index (κ1) is 27.7. The molecule has 2 N–H and O–H groups in total. The molecular weight excluding hydrogens is 588 g/mol. The van der Waals surface area contributed by atoms with Crippen molar-refractivity contribution in [3.63, 3.8) is 0 Å². The maximum atomic E-state index is 12.4. The van der Waals surface area contributed by atoms with E-state index in [0.717, 1.165) is 74.2 Å². The summed E-state index contributed by atoms with van der Waals surface area (Å²) >= 11 is 0. The Morgan fingerprint density at radius 2 is 1.61 bits per heavy atom. The van der Waals surface area contributed by atoms with Gasteiger partial charge in [0, 0.05) is 49.2 Å². The minimum Gasteiger partial charge on any atom is -0.450 e. The average Bonchev–Trinajstić information content (AvgIpc) is 3.90. The fourth-order valence-corrected chi connectivity index (χ4v) is 10.8. The molecule has 10 aliphatic rings. The van der Waals surface area contributed by atoms with E-state index in [9.17, 15) is 9.59 Å². The molecule has 0 aromatic heterocycles. The summed E-state index contributed by atoms with van der Waals surface area (Å²) in [6, 6.07) is 1.47. The van der Waals surface area contributed by atoms with Gasteiger partial charge in [-0.15, -0.1) is 10.2 Å². The van der Waals surface area contributed by atoms with Gasteiger partial charge in [0.25, 0.3) is 0 Å². The number of ether oxygens (including phenoxy) is 3. The first-order chi connectivity index (χ1) is 22.5. The first-order valence-corrected chi connectivity index (χ1v) is 17.2. The highest BCUT2D eigenvalue weighted by atomic mass is 16.6. The van der Waals surface area contributed by atoms with Gasteiger partial charge in [0.2, 0.25) is 5.70 Å². The summed E-state index contributed by atoms with van der Waals surface area (Å²) in [6.45, 7) is 2.88. The van der Waals surface area contributed by atoms with Gasteiger partial charge in [-0.2, -0.15) is 0 Å². The predicted molar refractivity (Wildman–Crippen MR) is 162 cm³/mol. The number of hydrogen-bond acceptors (Lipinski definition) is 12. The third-order valence-electron chi connectivity index (χ3n) is 12.5. The van der Waals surface area contributed by atoms with Crippen LogP contribution in [-0.2, 0) is 23.8 Å². The second kappa shape index (κ2) is 10.1. The molecule has 13 heteroatoms. The van der Waals surface area contributed by atoms with Crippen molar-refractivity contribution in [1.82, 2.24) is 25.8 Å². The maximum absolute atomic E-state index is 12.4. The Morgan fingerprint density at radius 1 is 0.913 bits per heavy atom. The number of piperidine rings is 2. The Balaban J connectivity index is 0.789. The van der Waals surface area contributed by atoms with Crippen molar-refractivity contribution >= 4 is 18.2 Å². The van der Waals surface area contributed by atoms with Crippen LogP contribution < -0.4 is 11.0 Å². The molecular formula is C33H41N8O5+. The molecule has 8 heterocycles. The highest BCUT2D eigenvalue weighted by Crippen LogP contribution is 2.56. The van der Waals surface area contributed by atoms with Crippen LogP contribution >= 0.6 is 0 Å². The molecule has 0 aromatic carbocycles. The zero-order chi connectivity index (χ0) is 30.6. The van der Waals surface area contributed by atoms with Crippen LogP contribution in [-0.4, -0.2) is 105 Å². The molecule has 2 aliphatic carbocycles. The van der Waals surface area contributed by atoms with Gasteiger partial charge in [-0.05, 0) is 62.8 Å². The standard InChI is InChI=1S/C33H41N8O5/c42-30-11-21-9-20(26-13-32(21,45-30)28-5-1-3-7-39(26)28)15-38-16-23(34-36-38)18-44-19-24-17-41(37-35-24)25-10-22-12-31(43)46-33(22)14-27(25)40-8-4-2-6-29(33)40/h11-12,15-17,20,25-29,35,37H,1-10,13-14,18-19H2/q+1/b38-15+/t20?,25-,26-,27-,28+,29+,32-,33-/m0/s1. The summed E-state index contributed by atoms with van der Waals surface area (Å²) in [5, 5.41) is 11.0. The molecule has 0 amide bonds. The van der Waals surface area contributed by atoms with Crippen molar-refractivity contribution in [1.29, 1.82) is 0 Å². The van der Waals surface area contributed by atoms with Gasteiger partial charge in [0.1, 0.15) is 18.0 Å². The quantitative estimate of drug-likeness (QED) is 0.333. The van der Waals surface area contributed by atoms with Crippen LogP contribution in [0, 0.1) is 5.92 Å². The Hall–Kier alpha value is -3.39. The van der Waals surface area contributed by atoms with Crippen molar-refractivity contribution in [2.75, 3.05) is 26.3 Å². The van der Waals surface area contributed by atoms with Gasteiger partial charge in [0.05, 0.1) is 35.5 Å². The minimum atomic E-state index is -0.410. The number of fused-ring (bicyclic) bond motifs is 6. The maximum Gasteiger partial charge on any atom is 0.331 e. The lowest BCUT2D eigenvalue weighted by molar-refractivity contribution is -0.462. The second-order valence-electron chi connectivity index (χ2n) is 14.8. The number of hydrogen-bond donors (Lipinski definition) is 2. The summed E-state index contributed by atoms with van der Waals surface area (Å²) in [6.07, 6.45) is 20.0. The molecule has 2 spiro atoms. The van der Waals surface area contributed by atoms with Crippen LogP contribution in [0.3, 0.4) is 0 Å². The second-order valence-corrected chi connectivity index (χ2v) is 14.8. The largest absolute Gasteiger partial charge is 0.450 e. The number of hydrazine groups is 2. The number of carbonyl (C=O) groups excluding carboxylic acids is 2. The van der Waals surface area contributed by atoms with Gasteiger partial charge in [-0.3, -0.25) is 14.8 Å². The van der Waals surface area contributed by atoms with Crippen LogP contribution in [0.25, 0.3) is 0 Å². The number of rotatable bonds is 6. The minimum absolute atomic E-state index is 0.180. The fourth-order valence-electron chi connectivity index (χ4n) is 10.8. The van der Waals surface area contributed by atoms with Crippen molar-refractivity contribution in [3.05, 3.63) is 47.1 Å². The van der Waals surface area contributed by atoms with E-state index in [1.807, 2.05) is 10.9 Å². The molecule has 0 radical (unpaired) electrons. The van der Waals surface area contributed by atoms with Crippen LogP contribution in [0.1, 0.15) is 64.2 Å². The van der Waals surface area contributed by atoms with Crippen LogP contribution in [0.4, 0.5) is 0 Å². The third kappa shape index (κ3) is 3.97. The van der Waals surface area contributed by atoms with Crippen molar-refractivity contribution in [2.24, 2.45) is 16.3 Å². The zero-order valence-corrected chi connectivity index (χ0v) is 26.0.